The van der Waals surface area contributed by atoms with Crippen LogP contribution in [-0.2, 0) is 9.59 Å². The summed E-state index contributed by atoms with van der Waals surface area (Å²) in [5, 5.41) is 8.88. The third-order valence-corrected chi connectivity index (χ3v) is 3.07. The first-order valence-electron chi connectivity index (χ1n) is 5.62. The third kappa shape index (κ3) is 4.41. The highest BCUT2D eigenvalue weighted by atomic mass is 32.2. The van der Waals surface area contributed by atoms with E-state index in [2.05, 4.69) is 0 Å². The van der Waals surface area contributed by atoms with Gasteiger partial charge in [0.2, 0.25) is 5.91 Å². The summed E-state index contributed by atoms with van der Waals surface area (Å²) in [5.74, 6) is -0.468. The summed E-state index contributed by atoms with van der Waals surface area (Å²) in [6.45, 7) is 1.65. The second-order valence-corrected chi connectivity index (χ2v) is 4.94. The number of aryl methyl sites for hydroxylation is 1. The number of carboxylic acids is 1. The van der Waals surface area contributed by atoms with Crippen molar-refractivity contribution in [2.75, 3.05) is 23.5 Å². The Kier molecular flexibility index (Phi) is 5.71. The molecular formula is C13H17NO3S. The first-order valence-corrected chi connectivity index (χ1v) is 7.01. The lowest BCUT2D eigenvalue weighted by atomic mass is 10.2. The van der Waals surface area contributed by atoms with Crippen LogP contribution in [0, 0.1) is 6.92 Å². The maximum Gasteiger partial charge on any atom is 0.323 e. The van der Waals surface area contributed by atoms with Gasteiger partial charge in [0.15, 0.2) is 0 Å². The van der Waals surface area contributed by atoms with E-state index in [1.165, 1.54) is 4.90 Å². The number of benzene rings is 1. The van der Waals surface area contributed by atoms with E-state index in [0.717, 1.165) is 5.56 Å². The average molecular weight is 267 g/mol. The SMILES string of the molecule is CSCCC(=O)N(CC(=O)O)c1ccc(C)cc1. The normalized spacial score (nSPS) is 10.1. The molecule has 1 amide bonds. The summed E-state index contributed by atoms with van der Waals surface area (Å²) in [7, 11) is 0. The molecule has 0 aliphatic heterocycles. The van der Waals surface area contributed by atoms with Crippen LogP contribution in [0.25, 0.3) is 0 Å². The van der Waals surface area contributed by atoms with Crippen molar-refractivity contribution in [3.8, 4) is 0 Å². The lowest BCUT2D eigenvalue weighted by Gasteiger charge is -2.21. The zero-order valence-corrected chi connectivity index (χ0v) is 11.4. The minimum atomic E-state index is -1.01. The second-order valence-electron chi connectivity index (χ2n) is 3.95. The number of hydrogen-bond donors (Lipinski definition) is 1. The molecule has 0 fully saturated rings. The molecule has 0 heterocycles. The second kappa shape index (κ2) is 7.06. The van der Waals surface area contributed by atoms with Crippen molar-refractivity contribution in [3.63, 3.8) is 0 Å². The zero-order chi connectivity index (χ0) is 13.5. The van der Waals surface area contributed by atoms with Crippen molar-refractivity contribution in [2.45, 2.75) is 13.3 Å². The number of thioether (sulfide) groups is 1. The van der Waals surface area contributed by atoms with E-state index in [4.69, 9.17) is 5.11 Å². The Morgan fingerprint density at radius 3 is 2.39 bits per heavy atom. The van der Waals surface area contributed by atoms with Gasteiger partial charge in [-0.2, -0.15) is 11.8 Å². The standard InChI is InChI=1S/C13H17NO3S/c1-10-3-5-11(6-4-10)14(9-13(16)17)12(15)7-8-18-2/h3-6H,7-9H2,1-2H3,(H,16,17). The maximum atomic E-state index is 12.0. The van der Waals surface area contributed by atoms with Crippen LogP contribution in [0.5, 0.6) is 0 Å². The van der Waals surface area contributed by atoms with Gasteiger partial charge >= 0.3 is 5.97 Å². The van der Waals surface area contributed by atoms with Crippen molar-refractivity contribution >= 4 is 29.3 Å². The largest absolute Gasteiger partial charge is 0.480 e. The maximum absolute atomic E-state index is 12.0. The molecule has 0 aromatic heterocycles. The number of carbonyl (C=O) groups excluding carboxylic acids is 1. The van der Waals surface area contributed by atoms with Gasteiger partial charge in [0.25, 0.3) is 0 Å². The highest BCUT2D eigenvalue weighted by Gasteiger charge is 2.18. The lowest BCUT2D eigenvalue weighted by Crippen LogP contribution is -2.35. The van der Waals surface area contributed by atoms with E-state index in [9.17, 15) is 9.59 Å². The summed E-state index contributed by atoms with van der Waals surface area (Å²) in [6.07, 6.45) is 2.27. The van der Waals surface area contributed by atoms with E-state index in [1.807, 2.05) is 25.3 Å². The predicted molar refractivity (Wildman–Crippen MR) is 74.2 cm³/mol. The predicted octanol–water partition coefficient (Wildman–Crippen LogP) is 2.17. The number of carboxylic acid groups (broad SMARTS) is 1. The number of rotatable bonds is 6. The molecule has 0 aliphatic carbocycles. The fourth-order valence-corrected chi connectivity index (χ4v) is 1.89. The number of amides is 1. The van der Waals surface area contributed by atoms with Crippen LogP contribution in [0.3, 0.4) is 0 Å². The summed E-state index contributed by atoms with van der Waals surface area (Å²) in [4.78, 5) is 24.1. The number of aliphatic carboxylic acids is 1. The van der Waals surface area contributed by atoms with Gasteiger partial charge in [0, 0.05) is 17.9 Å². The van der Waals surface area contributed by atoms with Crippen LogP contribution < -0.4 is 4.90 Å². The number of nitrogens with zero attached hydrogens (tertiary/aromatic N) is 1. The molecule has 0 radical (unpaired) electrons. The zero-order valence-electron chi connectivity index (χ0n) is 10.5. The van der Waals surface area contributed by atoms with Crippen LogP contribution in [0.1, 0.15) is 12.0 Å². The summed E-state index contributed by atoms with van der Waals surface area (Å²) in [5.41, 5.74) is 1.71. The minimum Gasteiger partial charge on any atom is -0.480 e. The number of anilines is 1. The molecule has 0 saturated heterocycles. The Morgan fingerprint density at radius 2 is 1.89 bits per heavy atom. The summed E-state index contributed by atoms with van der Waals surface area (Å²) >= 11 is 1.57. The van der Waals surface area contributed by atoms with E-state index < -0.39 is 5.97 Å². The molecule has 98 valence electrons. The molecule has 0 aliphatic rings. The molecule has 0 unspecified atom stereocenters. The Bertz CT molecular complexity index is 417. The van der Waals surface area contributed by atoms with Crippen LogP contribution in [0.2, 0.25) is 0 Å². The topological polar surface area (TPSA) is 57.6 Å². The molecule has 0 spiro atoms. The van der Waals surface area contributed by atoms with E-state index in [1.54, 1.807) is 23.9 Å². The van der Waals surface area contributed by atoms with Crippen LogP contribution >= 0.6 is 11.8 Å². The molecule has 0 atom stereocenters. The van der Waals surface area contributed by atoms with E-state index in [-0.39, 0.29) is 12.5 Å². The fourth-order valence-electron chi connectivity index (χ4n) is 1.51. The monoisotopic (exact) mass is 267 g/mol. The minimum absolute atomic E-state index is 0.157. The highest BCUT2D eigenvalue weighted by molar-refractivity contribution is 7.98. The van der Waals surface area contributed by atoms with Gasteiger partial charge in [0.05, 0.1) is 0 Å². The van der Waals surface area contributed by atoms with Gasteiger partial charge in [-0.15, -0.1) is 0 Å². The molecule has 1 aromatic carbocycles. The Labute approximate surface area is 111 Å². The molecule has 1 rings (SSSR count). The smallest absolute Gasteiger partial charge is 0.323 e. The molecule has 18 heavy (non-hydrogen) atoms. The molecule has 0 bridgehead atoms. The molecule has 1 N–H and O–H groups in total. The Morgan fingerprint density at radius 1 is 1.28 bits per heavy atom. The average Bonchev–Trinajstić information content (AvgIpc) is 2.34. The van der Waals surface area contributed by atoms with Crippen molar-refractivity contribution in [1.82, 2.24) is 0 Å². The summed E-state index contributed by atoms with van der Waals surface area (Å²) in [6, 6.07) is 7.28. The third-order valence-electron chi connectivity index (χ3n) is 2.46. The quantitative estimate of drug-likeness (QED) is 0.858. The highest BCUT2D eigenvalue weighted by Crippen LogP contribution is 2.16. The first-order chi connectivity index (χ1) is 8.54. The first kappa shape index (κ1) is 14.6. The molecule has 0 saturated carbocycles. The molecular weight excluding hydrogens is 250 g/mol. The van der Waals surface area contributed by atoms with Crippen molar-refractivity contribution in [3.05, 3.63) is 29.8 Å². The summed E-state index contributed by atoms with van der Waals surface area (Å²) < 4.78 is 0. The van der Waals surface area contributed by atoms with Crippen molar-refractivity contribution < 1.29 is 14.7 Å². The van der Waals surface area contributed by atoms with E-state index >= 15 is 0 Å². The van der Waals surface area contributed by atoms with Gasteiger partial charge in [0.1, 0.15) is 6.54 Å². The molecule has 1 aromatic rings. The fraction of sp³-hybridized carbons (Fsp3) is 0.385. The van der Waals surface area contributed by atoms with Crippen LogP contribution in [0.4, 0.5) is 5.69 Å². The van der Waals surface area contributed by atoms with Gasteiger partial charge in [-0.1, -0.05) is 17.7 Å². The molecule has 4 nitrogen and oxygen atoms in total. The number of carbonyl (C=O) groups is 2. The van der Waals surface area contributed by atoms with Crippen molar-refractivity contribution in [1.29, 1.82) is 0 Å². The lowest BCUT2D eigenvalue weighted by molar-refractivity contribution is -0.136. The van der Waals surface area contributed by atoms with Crippen LogP contribution in [-0.4, -0.2) is 35.5 Å². The van der Waals surface area contributed by atoms with Gasteiger partial charge in [-0.05, 0) is 25.3 Å². The van der Waals surface area contributed by atoms with Gasteiger partial charge in [-0.25, -0.2) is 0 Å². The van der Waals surface area contributed by atoms with E-state index in [0.29, 0.717) is 17.9 Å². The van der Waals surface area contributed by atoms with Gasteiger partial charge in [-0.3, -0.25) is 9.59 Å². The number of hydrogen-bond acceptors (Lipinski definition) is 3. The van der Waals surface area contributed by atoms with Crippen molar-refractivity contribution in [2.24, 2.45) is 0 Å². The van der Waals surface area contributed by atoms with Gasteiger partial charge < -0.3 is 10.0 Å². The Balaban J connectivity index is 2.86. The van der Waals surface area contributed by atoms with Crippen LogP contribution in [0.15, 0.2) is 24.3 Å². The molecule has 5 heteroatoms. The Hall–Kier alpha value is -1.49.